The molecule has 0 aliphatic carbocycles. The van der Waals surface area contributed by atoms with Gasteiger partial charge in [-0.1, -0.05) is 32.9 Å². The molecular formula is C28H40N4O2. The van der Waals surface area contributed by atoms with Crippen molar-refractivity contribution in [3.8, 4) is 11.5 Å². The molecule has 6 nitrogen and oxygen atoms in total. The number of rotatable bonds is 9. The Morgan fingerprint density at radius 2 is 1.21 bits per heavy atom. The first kappa shape index (κ1) is 26.7. The fraction of sp³-hybridized carbons (Fsp3) is 0.357. The zero-order valence-electron chi connectivity index (χ0n) is 20.7. The van der Waals surface area contributed by atoms with Gasteiger partial charge in [-0.15, -0.1) is 0 Å². The molecule has 3 rings (SSSR count). The van der Waals surface area contributed by atoms with Gasteiger partial charge in [0.25, 0.3) is 0 Å². The summed E-state index contributed by atoms with van der Waals surface area (Å²) in [5, 5.41) is 0. The second-order valence-electron chi connectivity index (χ2n) is 9.35. The molecule has 3 aromatic carbocycles. The number of hydrogen-bond donors (Lipinski definition) is 4. The number of hydrogen-bond acceptors (Lipinski definition) is 6. The summed E-state index contributed by atoms with van der Waals surface area (Å²) in [6.45, 7) is 7.92. The van der Waals surface area contributed by atoms with Crippen LogP contribution in [0.5, 0.6) is 11.5 Å². The maximum atomic E-state index is 5.84. The van der Waals surface area contributed by atoms with Gasteiger partial charge in [0.2, 0.25) is 0 Å². The molecule has 0 saturated carbocycles. The van der Waals surface area contributed by atoms with Crippen molar-refractivity contribution in [1.82, 2.24) is 0 Å². The van der Waals surface area contributed by atoms with Crippen molar-refractivity contribution in [2.45, 2.75) is 51.9 Å². The van der Waals surface area contributed by atoms with Gasteiger partial charge < -0.3 is 32.4 Å². The quantitative estimate of drug-likeness (QED) is 0.227. The molecule has 0 amide bonds. The molecule has 0 heterocycles. The third-order valence-corrected chi connectivity index (χ3v) is 5.23. The molecule has 0 bridgehead atoms. The van der Waals surface area contributed by atoms with Gasteiger partial charge in [-0.2, -0.15) is 0 Å². The minimum atomic E-state index is 0.204. The second-order valence-corrected chi connectivity index (χ2v) is 9.35. The molecule has 6 heteroatoms. The highest BCUT2D eigenvalue weighted by atomic mass is 16.5. The van der Waals surface area contributed by atoms with Crippen LogP contribution in [0.2, 0.25) is 0 Å². The largest absolute Gasteiger partial charge is 0.494 e. The topological polar surface area (TPSA) is 123 Å². The van der Waals surface area contributed by atoms with E-state index in [0.717, 1.165) is 49.4 Å². The van der Waals surface area contributed by atoms with Gasteiger partial charge in [0.1, 0.15) is 11.5 Å². The Morgan fingerprint density at radius 3 is 1.76 bits per heavy atom. The zero-order chi connectivity index (χ0) is 25.0. The van der Waals surface area contributed by atoms with Crippen LogP contribution < -0.4 is 32.4 Å². The highest BCUT2D eigenvalue weighted by molar-refractivity contribution is 5.60. The van der Waals surface area contributed by atoms with Gasteiger partial charge in [0.05, 0.1) is 18.9 Å². The van der Waals surface area contributed by atoms with Crippen molar-refractivity contribution in [1.29, 1.82) is 0 Å². The minimum Gasteiger partial charge on any atom is -0.494 e. The van der Waals surface area contributed by atoms with E-state index in [0.29, 0.717) is 23.7 Å². The van der Waals surface area contributed by atoms with Gasteiger partial charge in [0.15, 0.2) is 0 Å². The maximum absolute atomic E-state index is 5.84. The Balaban J connectivity index is 0.000000310. The fourth-order valence-corrected chi connectivity index (χ4v) is 3.20. The van der Waals surface area contributed by atoms with Crippen molar-refractivity contribution >= 4 is 22.7 Å². The average molecular weight is 465 g/mol. The minimum absolute atomic E-state index is 0.204. The third kappa shape index (κ3) is 9.94. The standard InChI is InChI=1S/C18H25N3O2.C10H15N/c19-14-5-8-16(9-6-14)22-11-3-1-2-4-12-23-18-10-7-15(20)13-17(18)21;1-10(2,3)8-5-4-6-9(11)7-8/h5-10,13H,1-4,11-12,19-21H2;4-7H,11H2,1-3H3. The van der Waals surface area contributed by atoms with E-state index in [1.54, 1.807) is 12.1 Å². The van der Waals surface area contributed by atoms with Gasteiger partial charge in [-0.05, 0) is 91.3 Å². The van der Waals surface area contributed by atoms with Gasteiger partial charge in [0, 0.05) is 17.1 Å². The molecule has 34 heavy (non-hydrogen) atoms. The van der Waals surface area contributed by atoms with E-state index < -0.39 is 0 Å². The number of anilines is 4. The highest BCUT2D eigenvalue weighted by Crippen LogP contribution is 2.24. The lowest BCUT2D eigenvalue weighted by atomic mass is 9.87. The molecule has 0 saturated heterocycles. The molecule has 0 radical (unpaired) electrons. The normalized spacial score (nSPS) is 10.8. The predicted octanol–water partition coefficient (Wildman–Crippen LogP) is 6.02. The number of benzene rings is 3. The summed E-state index contributed by atoms with van der Waals surface area (Å²) in [5.41, 5.74) is 27.1. The van der Waals surface area contributed by atoms with Crippen LogP contribution in [0.3, 0.4) is 0 Å². The monoisotopic (exact) mass is 464 g/mol. The zero-order valence-corrected chi connectivity index (χ0v) is 20.7. The maximum Gasteiger partial charge on any atom is 0.142 e. The van der Waals surface area contributed by atoms with Crippen LogP contribution in [0, 0.1) is 0 Å². The average Bonchev–Trinajstić information content (AvgIpc) is 2.78. The van der Waals surface area contributed by atoms with E-state index in [1.165, 1.54) is 5.56 Å². The summed E-state index contributed by atoms with van der Waals surface area (Å²) in [6, 6.07) is 20.8. The molecule has 0 aromatic heterocycles. The third-order valence-electron chi connectivity index (χ3n) is 5.23. The highest BCUT2D eigenvalue weighted by Gasteiger charge is 2.12. The summed E-state index contributed by atoms with van der Waals surface area (Å²) < 4.78 is 11.3. The molecule has 0 unspecified atom stereocenters. The van der Waals surface area contributed by atoms with Gasteiger partial charge in [-0.25, -0.2) is 0 Å². The van der Waals surface area contributed by atoms with Crippen LogP contribution in [0.25, 0.3) is 0 Å². The van der Waals surface area contributed by atoms with E-state index in [4.69, 9.17) is 32.4 Å². The molecule has 0 aliphatic rings. The van der Waals surface area contributed by atoms with Crippen LogP contribution >= 0.6 is 0 Å². The van der Waals surface area contributed by atoms with Crippen LogP contribution in [0.4, 0.5) is 22.7 Å². The Labute approximate surface area is 204 Å². The number of unbranched alkanes of at least 4 members (excludes halogenated alkanes) is 3. The molecular weight excluding hydrogens is 424 g/mol. The second kappa shape index (κ2) is 13.2. The Bertz CT molecular complexity index is 998. The number of nitrogens with two attached hydrogens (primary N) is 4. The Morgan fingerprint density at radius 1 is 0.618 bits per heavy atom. The molecule has 0 aliphatic heterocycles. The van der Waals surface area contributed by atoms with Gasteiger partial charge in [-0.3, -0.25) is 0 Å². The van der Waals surface area contributed by atoms with E-state index in [-0.39, 0.29) is 5.41 Å². The van der Waals surface area contributed by atoms with Crippen molar-refractivity contribution in [3.05, 3.63) is 72.3 Å². The van der Waals surface area contributed by atoms with Crippen LogP contribution in [0.1, 0.15) is 52.0 Å². The van der Waals surface area contributed by atoms with E-state index >= 15 is 0 Å². The van der Waals surface area contributed by atoms with Crippen molar-refractivity contribution in [2.24, 2.45) is 0 Å². The Kier molecular flexibility index (Phi) is 10.4. The predicted molar refractivity (Wildman–Crippen MR) is 145 cm³/mol. The van der Waals surface area contributed by atoms with Crippen LogP contribution in [-0.4, -0.2) is 13.2 Å². The lowest BCUT2D eigenvalue weighted by molar-refractivity contribution is 0.288. The lowest BCUT2D eigenvalue weighted by Crippen LogP contribution is -2.10. The van der Waals surface area contributed by atoms with Crippen LogP contribution in [-0.2, 0) is 5.41 Å². The molecule has 3 aromatic rings. The summed E-state index contributed by atoms with van der Waals surface area (Å²) in [4.78, 5) is 0. The van der Waals surface area contributed by atoms with Crippen molar-refractivity contribution in [2.75, 3.05) is 36.1 Å². The Hall–Kier alpha value is -3.54. The fourth-order valence-electron chi connectivity index (χ4n) is 3.20. The summed E-state index contributed by atoms with van der Waals surface area (Å²) in [5.74, 6) is 1.56. The first-order valence-electron chi connectivity index (χ1n) is 11.8. The summed E-state index contributed by atoms with van der Waals surface area (Å²) in [7, 11) is 0. The van der Waals surface area contributed by atoms with Gasteiger partial charge >= 0.3 is 0 Å². The van der Waals surface area contributed by atoms with E-state index in [2.05, 4.69) is 26.8 Å². The summed E-state index contributed by atoms with van der Waals surface area (Å²) in [6.07, 6.45) is 4.22. The van der Waals surface area contributed by atoms with E-state index in [1.807, 2.05) is 48.5 Å². The lowest BCUT2D eigenvalue weighted by Gasteiger charge is -2.18. The SMILES string of the molecule is CC(C)(C)c1cccc(N)c1.Nc1ccc(OCCCCCCOc2ccc(N)cc2N)cc1. The smallest absolute Gasteiger partial charge is 0.142 e. The molecule has 0 atom stereocenters. The van der Waals surface area contributed by atoms with Crippen molar-refractivity contribution in [3.63, 3.8) is 0 Å². The van der Waals surface area contributed by atoms with Crippen LogP contribution in [0.15, 0.2) is 66.7 Å². The molecule has 0 fully saturated rings. The first-order chi connectivity index (χ1) is 16.1. The summed E-state index contributed by atoms with van der Waals surface area (Å²) >= 11 is 0. The molecule has 184 valence electrons. The first-order valence-corrected chi connectivity index (χ1v) is 11.8. The number of nitrogen functional groups attached to an aromatic ring is 4. The molecule has 8 N–H and O–H groups in total. The van der Waals surface area contributed by atoms with E-state index in [9.17, 15) is 0 Å². The van der Waals surface area contributed by atoms with Crippen molar-refractivity contribution < 1.29 is 9.47 Å². The number of ether oxygens (including phenoxy) is 2. The molecule has 0 spiro atoms.